The summed E-state index contributed by atoms with van der Waals surface area (Å²) in [6.07, 6.45) is 0.902. The third-order valence-corrected chi connectivity index (χ3v) is 2.30. The van der Waals surface area contributed by atoms with Crippen molar-refractivity contribution in [1.29, 1.82) is 0 Å². The number of alkyl carbamates (subject to hydrolysis) is 1. The van der Waals surface area contributed by atoms with Crippen LogP contribution in [0.3, 0.4) is 0 Å². The van der Waals surface area contributed by atoms with Gasteiger partial charge in [0, 0.05) is 25.9 Å². The Hall–Kier alpha value is -2.30. The number of nitrogens with one attached hydrogen (secondary N) is 1. The molecular formula is C16H22N2O3. The summed E-state index contributed by atoms with van der Waals surface area (Å²) in [4.78, 5) is 25.9. The van der Waals surface area contributed by atoms with E-state index in [1.807, 2.05) is 6.07 Å². The zero-order valence-electron chi connectivity index (χ0n) is 13.1. The van der Waals surface area contributed by atoms with E-state index >= 15 is 0 Å². The first-order chi connectivity index (χ1) is 9.69. The van der Waals surface area contributed by atoms with Crippen LogP contribution in [-0.2, 0) is 4.74 Å². The molecule has 0 fully saturated rings. The molecule has 1 rings (SSSR count). The second-order valence-corrected chi connectivity index (χ2v) is 5.83. The smallest absolute Gasteiger partial charge is 0.412 e. The molecule has 0 aromatic heterocycles. The molecule has 21 heavy (non-hydrogen) atoms. The monoisotopic (exact) mass is 290 g/mol. The summed E-state index contributed by atoms with van der Waals surface area (Å²) in [6.45, 7) is 5.29. The van der Waals surface area contributed by atoms with Crippen LogP contribution >= 0.6 is 0 Å². The van der Waals surface area contributed by atoms with Crippen LogP contribution in [0, 0.1) is 0 Å². The van der Waals surface area contributed by atoms with E-state index in [-0.39, 0.29) is 11.5 Å². The van der Waals surface area contributed by atoms with E-state index in [4.69, 9.17) is 4.74 Å². The molecule has 0 spiro atoms. The molecule has 0 radical (unpaired) electrons. The lowest BCUT2D eigenvalue weighted by molar-refractivity contribution is 0.0538. The van der Waals surface area contributed by atoms with Crippen molar-refractivity contribution in [2.45, 2.75) is 26.4 Å². The summed E-state index contributed by atoms with van der Waals surface area (Å²) in [7, 11) is 3.55. The fourth-order valence-corrected chi connectivity index (χ4v) is 1.56. The van der Waals surface area contributed by atoms with E-state index < -0.39 is 11.7 Å². The molecule has 0 saturated carbocycles. The van der Waals surface area contributed by atoms with Gasteiger partial charge in [-0.2, -0.15) is 0 Å². The average molecular weight is 290 g/mol. The Morgan fingerprint density at radius 2 is 1.71 bits per heavy atom. The summed E-state index contributed by atoms with van der Waals surface area (Å²) in [5.74, 6) is -0.268. The number of amides is 1. The highest BCUT2D eigenvalue weighted by molar-refractivity contribution is 6.09. The van der Waals surface area contributed by atoms with Crippen molar-refractivity contribution in [1.82, 2.24) is 10.2 Å². The Bertz CT molecular complexity index is 528. The van der Waals surface area contributed by atoms with Gasteiger partial charge >= 0.3 is 6.09 Å². The predicted molar refractivity (Wildman–Crippen MR) is 81.9 cm³/mol. The van der Waals surface area contributed by atoms with Crippen LogP contribution in [0.25, 0.3) is 0 Å². The number of ketones is 1. The minimum absolute atomic E-state index is 0.167. The van der Waals surface area contributed by atoms with E-state index in [2.05, 4.69) is 5.32 Å². The Morgan fingerprint density at radius 3 is 2.19 bits per heavy atom. The summed E-state index contributed by atoms with van der Waals surface area (Å²) < 4.78 is 5.17. The third-order valence-electron chi connectivity index (χ3n) is 2.30. The van der Waals surface area contributed by atoms with Crippen LogP contribution < -0.4 is 5.32 Å². The van der Waals surface area contributed by atoms with Crippen molar-refractivity contribution in [2.75, 3.05) is 14.1 Å². The standard InChI is InChI=1S/C16H22N2O3/c1-16(2,3)21-15(20)17-13(11-18(4)5)14(19)12-9-7-6-8-10-12/h6-11H,1-5H3,(H,17,20)/b13-11+. The molecule has 0 heterocycles. The molecular weight excluding hydrogens is 268 g/mol. The number of nitrogens with zero attached hydrogens (tertiary/aromatic N) is 1. The molecule has 0 unspecified atom stereocenters. The van der Waals surface area contributed by atoms with Gasteiger partial charge in [-0.15, -0.1) is 0 Å². The molecule has 114 valence electrons. The maximum absolute atomic E-state index is 12.4. The summed E-state index contributed by atoms with van der Waals surface area (Å²) >= 11 is 0. The fraction of sp³-hybridized carbons (Fsp3) is 0.375. The second kappa shape index (κ2) is 6.92. The Kier molecular flexibility index (Phi) is 5.52. The molecule has 1 aromatic rings. The number of Topliss-reactive ketones (excluding diaryl/α,β-unsaturated/α-hetero) is 1. The maximum atomic E-state index is 12.4. The molecule has 0 aliphatic rings. The van der Waals surface area contributed by atoms with E-state index in [1.165, 1.54) is 0 Å². The lowest BCUT2D eigenvalue weighted by atomic mass is 10.1. The largest absolute Gasteiger partial charge is 0.444 e. The van der Waals surface area contributed by atoms with Crippen molar-refractivity contribution in [3.05, 3.63) is 47.8 Å². The van der Waals surface area contributed by atoms with Gasteiger partial charge in [-0.1, -0.05) is 30.3 Å². The van der Waals surface area contributed by atoms with Crippen molar-refractivity contribution >= 4 is 11.9 Å². The van der Waals surface area contributed by atoms with Gasteiger partial charge in [0.05, 0.1) is 0 Å². The van der Waals surface area contributed by atoms with E-state index in [0.717, 1.165) is 0 Å². The number of benzene rings is 1. The summed E-state index contributed by atoms with van der Waals surface area (Å²) in [6, 6.07) is 8.76. The highest BCUT2D eigenvalue weighted by atomic mass is 16.6. The fourth-order valence-electron chi connectivity index (χ4n) is 1.56. The zero-order valence-corrected chi connectivity index (χ0v) is 13.1. The van der Waals surface area contributed by atoms with E-state index in [9.17, 15) is 9.59 Å². The number of hydrogen-bond acceptors (Lipinski definition) is 4. The Morgan fingerprint density at radius 1 is 1.14 bits per heavy atom. The van der Waals surface area contributed by atoms with Gasteiger partial charge in [-0.3, -0.25) is 10.1 Å². The van der Waals surface area contributed by atoms with Gasteiger partial charge in [0.2, 0.25) is 5.78 Å². The summed E-state index contributed by atoms with van der Waals surface area (Å²) in [5, 5.41) is 2.51. The Labute approximate surface area is 125 Å². The topological polar surface area (TPSA) is 58.6 Å². The molecule has 0 aliphatic heterocycles. The number of ether oxygens (including phenoxy) is 1. The first-order valence-corrected chi connectivity index (χ1v) is 6.67. The lowest BCUT2D eigenvalue weighted by Crippen LogP contribution is -2.34. The van der Waals surface area contributed by atoms with Gasteiger partial charge in [0.25, 0.3) is 0 Å². The average Bonchev–Trinajstić information content (AvgIpc) is 2.35. The third kappa shape index (κ3) is 6.12. The number of carbonyl (C=O) groups is 2. The minimum atomic E-state index is -0.653. The van der Waals surface area contributed by atoms with Crippen LogP contribution in [0.15, 0.2) is 42.2 Å². The molecule has 0 aliphatic carbocycles. The van der Waals surface area contributed by atoms with Gasteiger partial charge in [0.1, 0.15) is 11.3 Å². The van der Waals surface area contributed by atoms with Crippen LogP contribution in [0.2, 0.25) is 0 Å². The van der Waals surface area contributed by atoms with Gasteiger partial charge < -0.3 is 9.64 Å². The van der Waals surface area contributed by atoms with E-state index in [0.29, 0.717) is 5.56 Å². The van der Waals surface area contributed by atoms with Crippen LogP contribution in [-0.4, -0.2) is 36.5 Å². The van der Waals surface area contributed by atoms with Crippen molar-refractivity contribution < 1.29 is 14.3 Å². The number of carbonyl (C=O) groups excluding carboxylic acids is 2. The molecule has 1 N–H and O–H groups in total. The molecule has 5 heteroatoms. The quantitative estimate of drug-likeness (QED) is 0.684. The number of hydrogen-bond donors (Lipinski definition) is 1. The molecule has 1 aromatic carbocycles. The lowest BCUT2D eigenvalue weighted by Gasteiger charge is -2.20. The first kappa shape index (κ1) is 16.8. The zero-order chi connectivity index (χ0) is 16.0. The second-order valence-electron chi connectivity index (χ2n) is 5.83. The maximum Gasteiger partial charge on any atom is 0.412 e. The van der Waals surface area contributed by atoms with Gasteiger partial charge in [-0.25, -0.2) is 4.79 Å². The molecule has 0 bridgehead atoms. The van der Waals surface area contributed by atoms with Gasteiger partial charge in [-0.05, 0) is 20.8 Å². The molecule has 5 nitrogen and oxygen atoms in total. The molecule has 0 atom stereocenters. The number of rotatable bonds is 4. The molecule has 1 amide bonds. The highest BCUT2D eigenvalue weighted by Gasteiger charge is 2.20. The van der Waals surface area contributed by atoms with Crippen LogP contribution in [0.1, 0.15) is 31.1 Å². The van der Waals surface area contributed by atoms with Crippen molar-refractivity contribution in [3.8, 4) is 0 Å². The normalized spacial score (nSPS) is 11.8. The van der Waals surface area contributed by atoms with Crippen LogP contribution in [0.4, 0.5) is 4.79 Å². The number of allylic oxidation sites excluding steroid dienone is 1. The summed E-state index contributed by atoms with van der Waals surface area (Å²) in [5.41, 5.74) is 0.0467. The van der Waals surface area contributed by atoms with Crippen molar-refractivity contribution in [2.24, 2.45) is 0 Å². The van der Waals surface area contributed by atoms with E-state index in [1.54, 1.807) is 70.2 Å². The van der Waals surface area contributed by atoms with Crippen molar-refractivity contribution in [3.63, 3.8) is 0 Å². The predicted octanol–water partition coefficient (Wildman–Crippen LogP) is 2.80. The minimum Gasteiger partial charge on any atom is -0.444 e. The SMILES string of the molecule is CN(C)/C=C(/NC(=O)OC(C)(C)C)C(=O)c1ccccc1. The van der Waals surface area contributed by atoms with Crippen LogP contribution in [0.5, 0.6) is 0 Å². The first-order valence-electron chi connectivity index (χ1n) is 6.67. The Balaban J connectivity index is 2.93. The van der Waals surface area contributed by atoms with Gasteiger partial charge in [0.15, 0.2) is 0 Å². The molecule has 0 saturated heterocycles. The highest BCUT2D eigenvalue weighted by Crippen LogP contribution is 2.10.